The predicted molar refractivity (Wildman–Crippen MR) is 375 cm³/mol. The molecule has 0 saturated heterocycles. The molecule has 2 amide bonds. The number of rotatable bonds is 25. The first-order chi connectivity index (χ1) is 45.8. The molecule has 97 heavy (non-hydrogen) atoms. The number of methoxy groups -OCH3 is 6. The van der Waals surface area contributed by atoms with E-state index in [0.717, 1.165) is 48.7 Å². The van der Waals surface area contributed by atoms with E-state index >= 15 is 0 Å². The van der Waals surface area contributed by atoms with Crippen LogP contribution in [0.15, 0.2) is 109 Å². The molecule has 6 rings (SSSR count). The van der Waals surface area contributed by atoms with Gasteiger partial charge in [-0.1, -0.05) is 41.5 Å². The Morgan fingerprint density at radius 2 is 0.691 bits per heavy atom. The van der Waals surface area contributed by atoms with Crippen molar-refractivity contribution in [3.63, 3.8) is 0 Å². The summed E-state index contributed by atoms with van der Waals surface area (Å²) in [5.74, 6) is 3.09. The number of nitrogens with zero attached hydrogens (tertiary/aromatic N) is 9. The van der Waals surface area contributed by atoms with E-state index in [0.29, 0.717) is 71.4 Å². The summed E-state index contributed by atoms with van der Waals surface area (Å²) >= 11 is 4.82. The van der Waals surface area contributed by atoms with E-state index < -0.39 is 24.6 Å². The quantitative estimate of drug-likeness (QED) is 0.0233. The standard InChI is InChI=1S/2C11H14N2O4.C11H16N2O3.C11H18N2O.C11H13NO4.C7H8N2O3.C3H5ClO/c2*1-4-11(14)12(2)9-7-8(13(15)16)5-6-10(9)17-3;1-4-7-12(2)10-8-9(13(14)15)5-6-11(10)16-3;1-4-7-13(2)10-8-9(12)5-6-11(10)14-3;1-3-10(13)7-8-6-9(12(14)15)4-5-11(8)16-2;1-12-7-3-2-5(9(10)11)4-6(7)8;1-2-3(4)5/h2*5-7H,4H2,1-3H3;5-6,8H,4,7H2,1-3H3;5-6,8H,4,7,12H2,1-3H3;4-6H,3,7H2,1-2H3;2-4H,8H2,1H3;2H2,1H3. The molecular formula is C65H88ClN11O20. The van der Waals surface area contributed by atoms with Crippen molar-refractivity contribution in [1.29, 1.82) is 0 Å². The minimum atomic E-state index is -0.507. The summed E-state index contributed by atoms with van der Waals surface area (Å²) in [6, 6.07) is 26.9. The van der Waals surface area contributed by atoms with Gasteiger partial charge in [0.2, 0.25) is 17.1 Å². The van der Waals surface area contributed by atoms with Crippen LogP contribution in [-0.2, 0) is 25.6 Å². The number of hydrogen-bond acceptors (Lipinski definition) is 24. The van der Waals surface area contributed by atoms with E-state index in [1.54, 1.807) is 62.1 Å². The number of halogens is 1. The van der Waals surface area contributed by atoms with Crippen molar-refractivity contribution in [2.45, 2.75) is 86.5 Å². The predicted octanol–water partition coefficient (Wildman–Crippen LogP) is 13.0. The lowest BCUT2D eigenvalue weighted by Crippen LogP contribution is -2.25. The van der Waals surface area contributed by atoms with Gasteiger partial charge in [0.05, 0.1) is 95.7 Å². The molecule has 32 heteroatoms. The van der Waals surface area contributed by atoms with Crippen molar-refractivity contribution >= 4 is 97.0 Å². The van der Waals surface area contributed by atoms with Gasteiger partial charge < -0.3 is 59.5 Å². The van der Waals surface area contributed by atoms with E-state index in [-0.39, 0.29) is 63.4 Å². The first-order valence-electron chi connectivity index (χ1n) is 29.8. The Morgan fingerprint density at radius 1 is 0.402 bits per heavy atom. The van der Waals surface area contributed by atoms with Gasteiger partial charge in [-0.25, -0.2) is 0 Å². The number of amides is 2. The summed E-state index contributed by atoms with van der Waals surface area (Å²) < 4.78 is 30.5. The fourth-order valence-corrected chi connectivity index (χ4v) is 8.05. The van der Waals surface area contributed by atoms with Crippen LogP contribution in [0, 0.1) is 50.6 Å². The molecule has 0 heterocycles. The number of hydrogen-bond donors (Lipinski definition) is 2. The van der Waals surface area contributed by atoms with E-state index in [1.165, 1.54) is 123 Å². The Kier molecular flexibility index (Phi) is 40.1. The number of carbonyl (C=O) groups is 4. The van der Waals surface area contributed by atoms with Crippen molar-refractivity contribution in [3.8, 4) is 34.5 Å². The molecule has 0 fully saturated rings. The average Bonchev–Trinajstić information content (AvgIpc) is 0.862. The third-order valence-electron chi connectivity index (χ3n) is 13.3. The summed E-state index contributed by atoms with van der Waals surface area (Å²) in [4.78, 5) is 101. The Hall–Kier alpha value is -11.1. The highest BCUT2D eigenvalue weighted by molar-refractivity contribution is 6.63. The molecule has 4 N–H and O–H groups in total. The molecule has 0 unspecified atom stereocenters. The molecule has 0 saturated carbocycles. The lowest BCUT2D eigenvalue weighted by molar-refractivity contribution is -0.385. The highest BCUT2D eigenvalue weighted by Gasteiger charge is 2.21. The molecule has 530 valence electrons. The average molecular weight is 1380 g/mol. The normalized spacial score (nSPS) is 9.70. The summed E-state index contributed by atoms with van der Waals surface area (Å²) in [5, 5.41) is 52.6. The zero-order valence-corrected chi connectivity index (χ0v) is 58.2. The number of benzene rings is 6. The Bertz CT molecular complexity index is 3500. The number of Topliss-reactive ketones (excluding diaryl/α,β-unsaturated/α-hetero) is 1. The van der Waals surface area contributed by atoms with Gasteiger partial charge >= 0.3 is 0 Å². The largest absolute Gasteiger partial charge is 0.496 e. The van der Waals surface area contributed by atoms with Crippen molar-refractivity contribution < 1.29 is 72.2 Å². The second kappa shape index (κ2) is 45.3. The summed E-state index contributed by atoms with van der Waals surface area (Å²) in [5.41, 5.74) is 15.2. The van der Waals surface area contributed by atoms with Gasteiger partial charge in [0.1, 0.15) is 40.3 Å². The van der Waals surface area contributed by atoms with Crippen LogP contribution in [-0.4, -0.2) is 131 Å². The van der Waals surface area contributed by atoms with Crippen LogP contribution in [0.1, 0.15) is 85.6 Å². The minimum absolute atomic E-state index is 0.0267. The van der Waals surface area contributed by atoms with Crippen molar-refractivity contribution in [2.24, 2.45) is 0 Å². The third kappa shape index (κ3) is 29.4. The number of nitro groups is 5. The number of nitrogens with two attached hydrogens (primary N) is 2. The second-order valence-corrected chi connectivity index (χ2v) is 20.4. The maximum absolute atomic E-state index is 11.6. The SMILES string of the molecule is CCC(=O)Cc1cc([N+](=O)[O-])ccc1OC.CCC(=O)Cl.CCC(=O)N(C)c1cc([N+](=O)[O-])ccc1OC.CCC(=O)N(C)c1cc([N+](=O)[O-])ccc1OC.CCCN(C)c1cc(N)ccc1OC.CCCN(C)c1cc([N+](=O)[O-])ccc1OC.COc1ccc([N+](=O)[O-])cc1N. The van der Waals surface area contributed by atoms with Gasteiger partial charge in [0, 0.05) is 145 Å². The van der Waals surface area contributed by atoms with Crippen LogP contribution in [0.25, 0.3) is 0 Å². The summed E-state index contributed by atoms with van der Waals surface area (Å²) in [6.07, 6.45) is 3.73. The van der Waals surface area contributed by atoms with Crippen LogP contribution in [0.4, 0.5) is 62.6 Å². The monoisotopic (exact) mass is 1380 g/mol. The van der Waals surface area contributed by atoms with Crippen molar-refractivity contribution in [2.75, 3.05) is 115 Å². The molecule has 0 aromatic heterocycles. The number of carbonyl (C=O) groups excluding carboxylic acids is 4. The van der Waals surface area contributed by atoms with Gasteiger partial charge in [-0.15, -0.1) is 0 Å². The number of nitro benzene ring substituents is 5. The zero-order valence-electron chi connectivity index (χ0n) is 57.5. The molecule has 0 radical (unpaired) electrons. The molecule has 6 aromatic rings. The molecule has 0 aliphatic heterocycles. The Morgan fingerprint density at radius 3 is 0.990 bits per heavy atom. The fourth-order valence-electron chi connectivity index (χ4n) is 8.05. The Balaban J connectivity index is 0.00000113. The topological polar surface area (TPSA) is 404 Å². The molecule has 0 bridgehead atoms. The lowest BCUT2D eigenvalue weighted by Gasteiger charge is -2.21. The second-order valence-electron chi connectivity index (χ2n) is 19.9. The maximum Gasteiger partial charge on any atom is 0.271 e. The van der Waals surface area contributed by atoms with Gasteiger partial charge in [-0.2, -0.15) is 0 Å². The number of non-ortho nitro benzene ring substituents is 5. The molecule has 31 nitrogen and oxygen atoms in total. The van der Waals surface area contributed by atoms with Gasteiger partial charge in [-0.05, 0) is 73.0 Å². The highest BCUT2D eigenvalue weighted by Crippen LogP contribution is 2.35. The summed E-state index contributed by atoms with van der Waals surface area (Å²) in [6.45, 7) is 13.0. The van der Waals surface area contributed by atoms with Crippen molar-refractivity contribution in [1.82, 2.24) is 0 Å². The van der Waals surface area contributed by atoms with Crippen LogP contribution in [0.5, 0.6) is 34.5 Å². The Labute approximate surface area is 568 Å². The first kappa shape index (κ1) is 85.9. The zero-order chi connectivity index (χ0) is 74.2. The number of ether oxygens (including phenoxy) is 6. The van der Waals surface area contributed by atoms with E-state index in [4.69, 9.17) is 51.5 Å². The number of anilines is 6. The van der Waals surface area contributed by atoms with Crippen LogP contribution in [0.2, 0.25) is 0 Å². The molecule has 0 aliphatic rings. The first-order valence-corrected chi connectivity index (χ1v) is 30.1. The molecule has 0 spiro atoms. The van der Waals surface area contributed by atoms with Crippen LogP contribution in [0.3, 0.4) is 0 Å². The number of ketones is 1. The van der Waals surface area contributed by atoms with Crippen LogP contribution >= 0.6 is 11.6 Å². The van der Waals surface area contributed by atoms with Crippen LogP contribution < -0.4 is 59.5 Å². The van der Waals surface area contributed by atoms with Gasteiger partial charge in [0.15, 0.2) is 0 Å². The fraction of sp³-hybridized carbons (Fsp3) is 0.385. The smallest absolute Gasteiger partial charge is 0.271 e. The van der Waals surface area contributed by atoms with E-state index in [2.05, 4.69) is 18.7 Å². The molecule has 0 aliphatic carbocycles. The number of nitrogen functional groups attached to an aromatic ring is 2. The molecular weight excluding hydrogens is 1290 g/mol. The van der Waals surface area contributed by atoms with E-state index in [9.17, 15) is 69.7 Å². The van der Waals surface area contributed by atoms with E-state index in [1.807, 2.05) is 37.2 Å². The maximum atomic E-state index is 11.6. The summed E-state index contributed by atoms with van der Waals surface area (Å²) in [7, 11) is 16.1. The third-order valence-corrected chi connectivity index (χ3v) is 13.6. The minimum Gasteiger partial charge on any atom is -0.496 e. The highest BCUT2D eigenvalue weighted by atomic mass is 35.5. The van der Waals surface area contributed by atoms with Gasteiger partial charge in [-0.3, -0.25) is 69.7 Å². The molecule has 6 aromatic carbocycles. The lowest BCUT2D eigenvalue weighted by atomic mass is 10.1. The van der Waals surface area contributed by atoms with Crippen molar-refractivity contribution in [3.05, 3.63) is 165 Å². The van der Waals surface area contributed by atoms with Gasteiger partial charge in [0.25, 0.3) is 28.4 Å². The molecule has 0 atom stereocenters.